The van der Waals surface area contributed by atoms with Crippen LogP contribution in [0.15, 0.2) is 66.7 Å². The maximum atomic E-state index is 5.93. The summed E-state index contributed by atoms with van der Waals surface area (Å²) in [5.41, 5.74) is 27.3. The molecule has 126 valence electrons. The molecule has 0 bridgehead atoms. The summed E-state index contributed by atoms with van der Waals surface area (Å²) in [6.45, 7) is 1.97. The molecule has 0 amide bonds. The van der Waals surface area contributed by atoms with Gasteiger partial charge in [0, 0.05) is 33.5 Å². The minimum absolute atomic E-state index is 0.785. The van der Waals surface area contributed by atoms with Crippen LogP contribution >= 0.6 is 0 Å². The van der Waals surface area contributed by atoms with Gasteiger partial charge in [-0.25, -0.2) is 0 Å². The Labute approximate surface area is 147 Å². The first-order valence-electron chi connectivity index (χ1n) is 8.04. The maximum Gasteiger partial charge on any atom is 0.0424 e. The average molecular weight is 330 g/mol. The Bertz CT molecular complexity index is 1010. The lowest BCUT2D eigenvalue weighted by Gasteiger charge is -2.07. The number of nitrogen functional groups attached to an aromatic ring is 4. The van der Waals surface area contributed by atoms with E-state index in [1.54, 1.807) is 0 Å². The van der Waals surface area contributed by atoms with Crippen molar-refractivity contribution in [3.8, 4) is 0 Å². The first kappa shape index (κ1) is 16.5. The summed E-state index contributed by atoms with van der Waals surface area (Å²) in [7, 11) is 0. The van der Waals surface area contributed by atoms with E-state index in [1.165, 1.54) is 0 Å². The van der Waals surface area contributed by atoms with Gasteiger partial charge in [0.05, 0.1) is 0 Å². The summed E-state index contributed by atoms with van der Waals surface area (Å²) >= 11 is 0. The molecule has 0 radical (unpaired) electrons. The van der Waals surface area contributed by atoms with Gasteiger partial charge in [0.1, 0.15) is 0 Å². The molecule has 4 heteroatoms. The van der Waals surface area contributed by atoms with Crippen LogP contribution < -0.4 is 22.9 Å². The van der Waals surface area contributed by atoms with Crippen LogP contribution in [0, 0.1) is 6.92 Å². The molecule has 4 aromatic rings. The Morgan fingerprint density at radius 3 is 1.68 bits per heavy atom. The van der Waals surface area contributed by atoms with E-state index in [2.05, 4.69) is 0 Å². The molecule has 0 aromatic heterocycles. The second-order valence-electron chi connectivity index (χ2n) is 6.11. The van der Waals surface area contributed by atoms with Crippen LogP contribution in [-0.2, 0) is 0 Å². The van der Waals surface area contributed by atoms with Gasteiger partial charge in [-0.05, 0) is 53.6 Å². The third-order valence-electron chi connectivity index (χ3n) is 4.21. The Kier molecular flexibility index (Phi) is 4.35. The number of nitrogens with two attached hydrogens (primary N) is 4. The fraction of sp³-hybridized carbons (Fsp3) is 0.0476. The summed E-state index contributed by atoms with van der Waals surface area (Å²) in [5, 5.41) is 4.33. The standard InChI is InChI=1S/C11H12N2.C10H10N2/c1-7-6-10(12)8-4-2-3-5-9(8)11(7)13;11-9-3-1-7-5-10(12)4-2-8(7)6-9/h2-6H,12-13H2,1H3;1-6H,11-12H2. The SMILES string of the molecule is Cc1cc(N)c2ccccc2c1N.Nc1ccc2cc(N)ccc2c1. The van der Waals surface area contributed by atoms with Crippen molar-refractivity contribution in [3.05, 3.63) is 72.3 Å². The van der Waals surface area contributed by atoms with Crippen molar-refractivity contribution < 1.29 is 0 Å². The van der Waals surface area contributed by atoms with Crippen molar-refractivity contribution in [2.75, 3.05) is 22.9 Å². The molecule has 4 rings (SSSR count). The fourth-order valence-corrected chi connectivity index (χ4v) is 2.85. The smallest absolute Gasteiger partial charge is 0.0424 e. The molecule has 0 aliphatic carbocycles. The molecule has 25 heavy (non-hydrogen) atoms. The van der Waals surface area contributed by atoms with Crippen LogP contribution in [0.4, 0.5) is 22.7 Å². The van der Waals surface area contributed by atoms with Crippen LogP contribution in [-0.4, -0.2) is 0 Å². The summed E-state index contributed by atoms with van der Waals surface area (Å²) in [5.74, 6) is 0. The number of benzene rings is 4. The molecule has 0 saturated carbocycles. The predicted octanol–water partition coefficient (Wildman–Crippen LogP) is 4.32. The maximum absolute atomic E-state index is 5.93. The van der Waals surface area contributed by atoms with Crippen LogP contribution in [0.5, 0.6) is 0 Å². The molecule has 0 aliphatic heterocycles. The van der Waals surface area contributed by atoms with E-state index in [-0.39, 0.29) is 0 Å². The highest BCUT2D eigenvalue weighted by Gasteiger charge is 2.03. The molecular weight excluding hydrogens is 308 g/mol. The van der Waals surface area contributed by atoms with Crippen molar-refractivity contribution in [3.63, 3.8) is 0 Å². The van der Waals surface area contributed by atoms with Crippen LogP contribution in [0.25, 0.3) is 21.5 Å². The predicted molar refractivity (Wildman–Crippen MR) is 110 cm³/mol. The van der Waals surface area contributed by atoms with Gasteiger partial charge in [-0.15, -0.1) is 0 Å². The van der Waals surface area contributed by atoms with Crippen molar-refractivity contribution in [2.24, 2.45) is 0 Å². The van der Waals surface area contributed by atoms with Crippen molar-refractivity contribution in [2.45, 2.75) is 6.92 Å². The second-order valence-corrected chi connectivity index (χ2v) is 6.11. The summed E-state index contributed by atoms with van der Waals surface area (Å²) in [6, 6.07) is 21.4. The lowest BCUT2D eigenvalue weighted by atomic mass is 10.0. The fourth-order valence-electron chi connectivity index (χ4n) is 2.85. The highest BCUT2D eigenvalue weighted by Crippen LogP contribution is 2.29. The number of anilines is 4. The number of hydrogen-bond donors (Lipinski definition) is 4. The molecule has 0 heterocycles. The van der Waals surface area contributed by atoms with Gasteiger partial charge in [0.2, 0.25) is 0 Å². The van der Waals surface area contributed by atoms with Gasteiger partial charge in [0.25, 0.3) is 0 Å². The quantitative estimate of drug-likeness (QED) is 0.360. The van der Waals surface area contributed by atoms with Gasteiger partial charge in [-0.2, -0.15) is 0 Å². The Balaban J connectivity index is 0.000000146. The zero-order valence-corrected chi connectivity index (χ0v) is 14.2. The Morgan fingerprint density at radius 2 is 1.12 bits per heavy atom. The largest absolute Gasteiger partial charge is 0.399 e. The third-order valence-corrected chi connectivity index (χ3v) is 4.21. The van der Waals surface area contributed by atoms with E-state index in [0.717, 1.165) is 49.9 Å². The lowest BCUT2D eigenvalue weighted by Crippen LogP contribution is -1.95. The minimum Gasteiger partial charge on any atom is -0.399 e. The van der Waals surface area contributed by atoms with Crippen molar-refractivity contribution in [1.82, 2.24) is 0 Å². The van der Waals surface area contributed by atoms with Crippen LogP contribution in [0.2, 0.25) is 0 Å². The van der Waals surface area contributed by atoms with Gasteiger partial charge in [0.15, 0.2) is 0 Å². The first-order valence-corrected chi connectivity index (χ1v) is 8.04. The molecule has 0 saturated heterocycles. The van der Waals surface area contributed by atoms with Crippen LogP contribution in [0.3, 0.4) is 0 Å². The first-order chi connectivity index (χ1) is 12.0. The molecule has 0 atom stereocenters. The number of rotatable bonds is 0. The molecule has 0 aliphatic rings. The lowest BCUT2D eigenvalue weighted by molar-refractivity contribution is 1.50. The number of aryl methyl sites for hydroxylation is 1. The zero-order chi connectivity index (χ0) is 18.0. The summed E-state index contributed by atoms with van der Waals surface area (Å²) < 4.78 is 0. The topological polar surface area (TPSA) is 104 Å². The highest BCUT2D eigenvalue weighted by molar-refractivity contribution is 6.01. The van der Waals surface area contributed by atoms with E-state index >= 15 is 0 Å². The van der Waals surface area contributed by atoms with Gasteiger partial charge < -0.3 is 22.9 Å². The minimum atomic E-state index is 0.785. The third kappa shape index (κ3) is 3.43. The molecule has 0 fully saturated rings. The van der Waals surface area contributed by atoms with Crippen molar-refractivity contribution >= 4 is 44.3 Å². The Hall–Kier alpha value is -3.40. The molecule has 4 aromatic carbocycles. The highest BCUT2D eigenvalue weighted by atomic mass is 14.6. The van der Waals surface area contributed by atoms with E-state index in [1.807, 2.05) is 73.7 Å². The molecule has 0 spiro atoms. The van der Waals surface area contributed by atoms with E-state index < -0.39 is 0 Å². The zero-order valence-electron chi connectivity index (χ0n) is 14.2. The summed E-state index contributed by atoms with van der Waals surface area (Å²) in [6.07, 6.45) is 0. The summed E-state index contributed by atoms with van der Waals surface area (Å²) in [4.78, 5) is 0. The van der Waals surface area contributed by atoms with Crippen LogP contribution in [0.1, 0.15) is 5.56 Å². The molecule has 0 unspecified atom stereocenters. The van der Waals surface area contributed by atoms with Gasteiger partial charge >= 0.3 is 0 Å². The monoisotopic (exact) mass is 330 g/mol. The molecular formula is C21H22N4. The van der Waals surface area contributed by atoms with Gasteiger partial charge in [-0.1, -0.05) is 36.4 Å². The number of hydrogen-bond acceptors (Lipinski definition) is 4. The van der Waals surface area contributed by atoms with E-state index in [0.29, 0.717) is 0 Å². The van der Waals surface area contributed by atoms with Gasteiger partial charge in [-0.3, -0.25) is 0 Å². The molecule has 8 N–H and O–H groups in total. The second kappa shape index (κ2) is 6.61. The normalized spacial score (nSPS) is 10.4. The van der Waals surface area contributed by atoms with E-state index in [4.69, 9.17) is 22.9 Å². The number of fused-ring (bicyclic) bond motifs is 2. The average Bonchev–Trinajstić information content (AvgIpc) is 2.61. The Morgan fingerprint density at radius 1 is 0.600 bits per heavy atom. The van der Waals surface area contributed by atoms with E-state index in [9.17, 15) is 0 Å². The molecule has 4 nitrogen and oxygen atoms in total. The van der Waals surface area contributed by atoms with Crippen molar-refractivity contribution in [1.29, 1.82) is 0 Å².